The van der Waals surface area contributed by atoms with Crippen LogP contribution in [-0.4, -0.2) is 49.9 Å². The number of hydrogen-bond acceptors (Lipinski definition) is 4. The van der Waals surface area contributed by atoms with Crippen LogP contribution >= 0.6 is 0 Å². The van der Waals surface area contributed by atoms with Crippen molar-refractivity contribution in [2.24, 2.45) is 0 Å². The van der Waals surface area contributed by atoms with Crippen molar-refractivity contribution in [3.8, 4) is 5.75 Å². The maximum absolute atomic E-state index is 12.5. The van der Waals surface area contributed by atoms with Gasteiger partial charge in [-0.3, -0.25) is 19.3 Å². The first kappa shape index (κ1) is 18.4. The van der Waals surface area contributed by atoms with Gasteiger partial charge in [-0.1, -0.05) is 18.2 Å². The minimum atomic E-state index is -0.336. The van der Waals surface area contributed by atoms with Gasteiger partial charge in [0.2, 0.25) is 5.91 Å². The summed E-state index contributed by atoms with van der Waals surface area (Å²) in [6, 6.07) is 12.3. The van der Waals surface area contributed by atoms with E-state index < -0.39 is 0 Å². The Hall–Kier alpha value is -3.35. The summed E-state index contributed by atoms with van der Waals surface area (Å²) in [5.41, 5.74) is 2.46. The predicted octanol–water partition coefficient (Wildman–Crippen LogP) is 2.06. The van der Waals surface area contributed by atoms with Crippen LogP contribution in [0.1, 0.15) is 15.9 Å². The molecule has 1 aliphatic heterocycles. The van der Waals surface area contributed by atoms with Gasteiger partial charge in [0, 0.05) is 25.3 Å². The predicted molar refractivity (Wildman–Crippen MR) is 102 cm³/mol. The van der Waals surface area contributed by atoms with Crippen LogP contribution in [0, 0.1) is 6.92 Å². The van der Waals surface area contributed by atoms with Gasteiger partial charge in [-0.05, 0) is 36.8 Å². The molecule has 2 aromatic rings. The summed E-state index contributed by atoms with van der Waals surface area (Å²) in [6.07, 6.45) is 0. The second kappa shape index (κ2) is 7.49. The lowest BCUT2D eigenvalue weighted by atomic mass is 10.1. The Labute approximate surface area is 157 Å². The number of fused-ring (bicyclic) bond motifs is 1. The second-order valence-corrected chi connectivity index (χ2v) is 6.51. The van der Waals surface area contributed by atoms with Crippen molar-refractivity contribution in [1.82, 2.24) is 4.90 Å². The highest BCUT2D eigenvalue weighted by Gasteiger charge is 2.28. The zero-order valence-electron chi connectivity index (χ0n) is 15.5. The molecule has 1 heterocycles. The molecule has 3 amide bonds. The molecule has 0 aromatic heterocycles. The number of aryl methyl sites for hydroxylation is 1. The molecule has 7 nitrogen and oxygen atoms in total. The monoisotopic (exact) mass is 367 g/mol. The van der Waals surface area contributed by atoms with Crippen LogP contribution in [0.4, 0.5) is 11.4 Å². The van der Waals surface area contributed by atoms with Crippen molar-refractivity contribution in [2.75, 3.05) is 37.5 Å². The third kappa shape index (κ3) is 3.92. The molecule has 0 saturated carbocycles. The summed E-state index contributed by atoms with van der Waals surface area (Å²) in [7, 11) is 3.30. The lowest BCUT2D eigenvalue weighted by Gasteiger charge is -2.29. The average molecular weight is 367 g/mol. The van der Waals surface area contributed by atoms with E-state index in [1.54, 1.807) is 38.4 Å². The molecule has 0 bridgehead atoms. The molecule has 2 aromatic carbocycles. The zero-order valence-corrected chi connectivity index (χ0v) is 15.5. The SMILES string of the molecule is Cc1ccccc1NC(=O)CN1C(=O)COc2ccc(C(=O)N(C)C)cc21. The highest BCUT2D eigenvalue weighted by molar-refractivity contribution is 6.06. The lowest BCUT2D eigenvalue weighted by Crippen LogP contribution is -2.43. The minimum Gasteiger partial charge on any atom is -0.482 e. The van der Waals surface area contributed by atoms with Crippen molar-refractivity contribution >= 4 is 29.1 Å². The molecule has 1 aliphatic rings. The number of ether oxygens (including phenoxy) is 1. The fourth-order valence-electron chi connectivity index (χ4n) is 2.81. The average Bonchev–Trinajstić information content (AvgIpc) is 2.65. The van der Waals surface area contributed by atoms with E-state index >= 15 is 0 Å². The molecule has 0 atom stereocenters. The number of carbonyl (C=O) groups excluding carboxylic acids is 3. The Kier molecular flexibility index (Phi) is 5.12. The molecule has 0 aliphatic carbocycles. The van der Waals surface area contributed by atoms with Crippen LogP contribution in [0.25, 0.3) is 0 Å². The standard InChI is InChI=1S/C20H21N3O4/c1-13-6-4-5-7-15(13)21-18(24)11-23-16-10-14(20(26)22(2)3)8-9-17(16)27-12-19(23)25/h4-10H,11-12H2,1-3H3,(H,21,24). The molecular formula is C20H21N3O4. The van der Waals surface area contributed by atoms with Crippen LogP contribution in [0.3, 0.4) is 0 Å². The third-order valence-corrected chi connectivity index (χ3v) is 4.28. The van der Waals surface area contributed by atoms with Gasteiger partial charge >= 0.3 is 0 Å². The molecule has 3 rings (SSSR count). The van der Waals surface area contributed by atoms with Gasteiger partial charge in [0.15, 0.2) is 6.61 Å². The van der Waals surface area contributed by atoms with Crippen molar-refractivity contribution in [3.63, 3.8) is 0 Å². The number of carbonyl (C=O) groups is 3. The topological polar surface area (TPSA) is 79.0 Å². The number of nitrogens with one attached hydrogen (secondary N) is 1. The summed E-state index contributed by atoms with van der Waals surface area (Å²) in [6.45, 7) is 1.58. The van der Waals surface area contributed by atoms with Crippen molar-refractivity contribution in [2.45, 2.75) is 6.92 Å². The van der Waals surface area contributed by atoms with Gasteiger partial charge in [0.05, 0.1) is 5.69 Å². The van der Waals surface area contributed by atoms with E-state index in [-0.39, 0.29) is 30.9 Å². The first-order valence-electron chi connectivity index (χ1n) is 8.51. The number of benzene rings is 2. The van der Waals surface area contributed by atoms with E-state index in [0.717, 1.165) is 5.56 Å². The Morgan fingerprint density at radius 2 is 1.93 bits per heavy atom. The minimum absolute atomic E-state index is 0.147. The number of amides is 3. The van der Waals surface area contributed by atoms with E-state index in [1.807, 2.05) is 25.1 Å². The van der Waals surface area contributed by atoms with E-state index in [2.05, 4.69) is 5.32 Å². The first-order chi connectivity index (χ1) is 12.9. The van der Waals surface area contributed by atoms with E-state index in [1.165, 1.54) is 9.80 Å². The van der Waals surface area contributed by atoms with Crippen LogP contribution in [0.2, 0.25) is 0 Å². The van der Waals surface area contributed by atoms with Gasteiger partial charge in [-0.15, -0.1) is 0 Å². The van der Waals surface area contributed by atoms with Crippen LogP contribution in [0.5, 0.6) is 5.75 Å². The molecule has 0 unspecified atom stereocenters. The van der Waals surface area contributed by atoms with Crippen molar-refractivity contribution < 1.29 is 19.1 Å². The molecule has 27 heavy (non-hydrogen) atoms. The Morgan fingerprint density at radius 3 is 2.63 bits per heavy atom. The van der Waals surface area contributed by atoms with Crippen molar-refractivity contribution in [1.29, 1.82) is 0 Å². The Morgan fingerprint density at radius 1 is 1.19 bits per heavy atom. The van der Waals surface area contributed by atoms with Crippen LogP contribution < -0.4 is 15.0 Å². The summed E-state index contributed by atoms with van der Waals surface area (Å²) >= 11 is 0. The fourth-order valence-corrected chi connectivity index (χ4v) is 2.81. The molecule has 0 radical (unpaired) electrons. The molecule has 0 saturated heterocycles. The maximum Gasteiger partial charge on any atom is 0.265 e. The Balaban J connectivity index is 1.85. The second-order valence-electron chi connectivity index (χ2n) is 6.51. The smallest absolute Gasteiger partial charge is 0.265 e. The Bertz CT molecular complexity index is 908. The maximum atomic E-state index is 12.5. The molecule has 0 fully saturated rings. The third-order valence-electron chi connectivity index (χ3n) is 4.28. The zero-order chi connectivity index (χ0) is 19.6. The fraction of sp³-hybridized carbons (Fsp3) is 0.250. The summed E-state index contributed by atoms with van der Waals surface area (Å²) in [4.78, 5) is 39.9. The van der Waals surface area contributed by atoms with E-state index in [9.17, 15) is 14.4 Å². The largest absolute Gasteiger partial charge is 0.482 e. The quantitative estimate of drug-likeness (QED) is 0.897. The highest BCUT2D eigenvalue weighted by atomic mass is 16.5. The molecular weight excluding hydrogens is 346 g/mol. The number of hydrogen-bond donors (Lipinski definition) is 1. The number of rotatable bonds is 4. The number of para-hydroxylation sites is 1. The lowest BCUT2D eigenvalue weighted by molar-refractivity contribution is -0.123. The van der Waals surface area contributed by atoms with Crippen molar-refractivity contribution in [3.05, 3.63) is 53.6 Å². The van der Waals surface area contributed by atoms with Gasteiger partial charge < -0.3 is 15.0 Å². The summed E-state index contributed by atoms with van der Waals surface area (Å²) in [5.74, 6) is -0.388. The molecule has 0 spiro atoms. The van der Waals surface area contributed by atoms with Gasteiger partial charge in [-0.25, -0.2) is 0 Å². The summed E-state index contributed by atoms with van der Waals surface area (Å²) < 4.78 is 5.43. The number of nitrogens with zero attached hydrogens (tertiary/aromatic N) is 2. The molecule has 1 N–H and O–H groups in total. The first-order valence-corrected chi connectivity index (χ1v) is 8.51. The van der Waals surface area contributed by atoms with E-state index in [0.29, 0.717) is 22.7 Å². The van der Waals surface area contributed by atoms with Gasteiger partial charge in [0.1, 0.15) is 12.3 Å². The van der Waals surface area contributed by atoms with E-state index in [4.69, 9.17) is 4.74 Å². The summed E-state index contributed by atoms with van der Waals surface area (Å²) in [5, 5.41) is 2.82. The van der Waals surface area contributed by atoms with Gasteiger partial charge in [0.25, 0.3) is 11.8 Å². The molecule has 7 heteroatoms. The molecule has 140 valence electrons. The van der Waals surface area contributed by atoms with Crippen LogP contribution in [-0.2, 0) is 9.59 Å². The highest BCUT2D eigenvalue weighted by Crippen LogP contribution is 2.33. The van der Waals surface area contributed by atoms with Gasteiger partial charge in [-0.2, -0.15) is 0 Å². The number of anilines is 2. The normalized spacial score (nSPS) is 12.9. The van der Waals surface area contributed by atoms with Crippen LogP contribution in [0.15, 0.2) is 42.5 Å².